The second kappa shape index (κ2) is 8.07. The van der Waals surface area contributed by atoms with E-state index in [2.05, 4.69) is 36.1 Å². The van der Waals surface area contributed by atoms with Crippen molar-refractivity contribution in [1.29, 1.82) is 0 Å². The number of nitrogens with one attached hydrogen (secondary N) is 1. The number of aromatic nitrogens is 2. The van der Waals surface area contributed by atoms with Gasteiger partial charge < -0.3 is 5.11 Å². The molecule has 19 heavy (non-hydrogen) atoms. The van der Waals surface area contributed by atoms with Crippen LogP contribution in [0.15, 0.2) is 18.6 Å². The first-order valence-corrected chi connectivity index (χ1v) is 6.09. The molecule has 1 heterocycles. The third-order valence-electron chi connectivity index (χ3n) is 2.65. The van der Waals surface area contributed by atoms with E-state index in [9.17, 15) is 4.79 Å². The van der Waals surface area contributed by atoms with E-state index >= 15 is 0 Å². The largest absolute Gasteiger partial charge is 0.480 e. The molecule has 6 heteroatoms. The van der Waals surface area contributed by atoms with Crippen LogP contribution in [0.1, 0.15) is 39.3 Å². The molecule has 5 nitrogen and oxygen atoms in total. The number of hydrogen-bond donors (Lipinski definition) is 2. The van der Waals surface area contributed by atoms with Gasteiger partial charge in [-0.1, -0.05) is 20.8 Å². The first kappa shape index (κ1) is 17.8. The van der Waals surface area contributed by atoms with E-state index in [1.54, 1.807) is 12.3 Å². The Morgan fingerprint density at radius 2 is 2.16 bits per heavy atom. The highest BCUT2D eigenvalue weighted by Gasteiger charge is 2.20. The van der Waals surface area contributed by atoms with Crippen LogP contribution in [0.25, 0.3) is 0 Å². The van der Waals surface area contributed by atoms with Crippen molar-refractivity contribution in [2.24, 2.45) is 5.41 Å². The molecule has 0 aliphatic heterocycles. The van der Waals surface area contributed by atoms with Crippen LogP contribution in [0.2, 0.25) is 0 Å². The Morgan fingerprint density at radius 3 is 2.63 bits per heavy atom. The summed E-state index contributed by atoms with van der Waals surface area (Å²) < 4.78 is 0. The van der Waals surface area contributed by atoms with E-state index in [1.807, 2.05) is 0 Å². The van der Waals surface area contributed by atoms with Gasteiger partial charge >= 0.3 is 5.97 Å². The maximum absolute atomic E-state index is 11.1. The minimum Gasteiger partial charge on any atom is -0.480 e. The smallest absolute Gasteiger partial charge is 0.320 e. The molecular weight excluding hydrogens is 266 g/mol. The summed E-state index contributed by atoms with van der Waals surface area (Å²) in [5.41, 5.74) is 0.941. The molecule has 1 atom stereocenters. The fourth-order valence-electron chi connectivity index (χ4n) is 1.54. The third-order valence-corrected chi connectivity index (χ3v) is 2.65. The van der Waals surface area contributed by atoms with Crippen LogP contribution in [0.3, 0.4) is 0 Å². The Morgan fingerprint density at radius 1 is 1.47 bits per heavy atom. The molecule has 0 fully saturated rings. The topological polar surface area (TPSA) is 75.1 Å². The number of aliphatic carboxylic acids is 1. The van der Waals surface area contributed by atoms with Gasteiger partial charge in [-0.05, 0) is 24.3 Å². The molecular formula is C13H22ClN3O2. The van der Waals surface area contributed by atoms with E-state index in [1.165, 1.54) is 6.33 Å². The van der Waals surface area contributed by atoms with Gasteiger partial charge in [0.2, 0.25) is 0 Å². The average molecular weight is 288 g/mol. The van der Waals surface area contributed by atoms with Gasteiger partial charge in [0, 0.05) is 12.7 Å². The maximum Gasteiger partial charge on any atom is 0.320 e. The Hall–Kier alpha value is -1.20. The van der Waals surface area contributed by atoms with Crippen molar-refractivity contribution in [2.75, 3.05) is 0 Å². The van der Waals surface area contributed by atoms with Crippen molar-refractivity contribution in [3.05, 3.63) is 24.3 Å². The molecule has 1 rings (SSSR count). The average Bonchev–Trinajstić information content (AvgIpc) is 2.28. The van der Waals surface area contributed by atoms with Gasteiger partial charge in [-0.25, -0.2) is 9.97 Å². The maximum atomic E-state index is 11.1. The predicted molar refractivity (Wildman–Crippen MR) is 76.2 cm³/mol. The van der Waals surface area contributed by atoms with Crippen LogP contribution in [0, 0.1) is 5.41 Å². The highest BCUT2D eigenvalue weighted by molar-refractivity contribution is 5.85. The van der Waals surface area contributed by atoms with Crippen molar-refractivity contribution in [3.63, 3.8) is 0 Å². The van der Waals surface area contributed by atoms with Crippen LogP contribution in [0.5, 0.6) is 0 Å². The zero-order valence-electron chi connectivity index (χ0n) is 11.6. The van der Waals surface area contributed by atoms with E-state index in [0.29, 0.717) is 13.0 Å². The van der Waals surface area contributed by atoms with Gasteiger partial charge in [-0.15, -0.1) is 12.4 Å². The number of hydrogen-bond acceptors (Lipinski definition) is 4. The van der Waals surface area contributed by atoms with Gasteiger partial charge in [0.25, 0.3) is 0 Å². The summed E-state index contributed by atoms with van der Waals surface area (Å²) in [6, 6.07) is 1.24. The Balaban J connectivity index is 0.00000324. The molecule has 0 aliphatic carbocycles. The third kappa shape index (κ3) is 7.74. The molecule has 0 spiro atoms. The van der Waals surface area contributed by atoms with Gasteiger partial charge in [-0.3, -0.25) is 10.1 Å². The fraction of sp³-hybridized carbons (Fsp3) is 0.615. The molecule has 1 unspecified atom stereocenters. The summed E-state index contributed by atoms with van der Waals surface area (Å²) in [6.07, 6.45) is 4.58. The first-order valence-electron chi connectivity index (χ1n) is 6.09. The summed E-state index contributed by atoms with van der Waals surface area (Å²) >= 11 is 0. The summed E-state index contributed by atoms with van der Waals surface area (Å²) in [6.45, 7) is 6.77. The van der Waals surface area contributed by atoms with Crippen LogP contribution in [0.4, 0.5) is 0 Å². The van der Waals surface area contributed by atoms with E-state index in [4.69, 9.17) is 5.11 Å². The number of rotatable bonds is 6. The van der Waals surface area contributed by atoms with Crippen LogP contribution in [-0.4, -0.2) is 27.1 Å². The zero-order valence-corrected chi connectivity index (χ0v) is 12.4. The van der Waals surface area contributed by atoms with Gasteiger partial charge in [-0.2, -0.15) is 0 Å². The van der Waals surface area contributed by atoms with Gasteiger partial charge in [0.1, 0.15) is 12.4 Å². The molecule has 0 amide bonds. The number of nitrogens with zero attached hydrogens (tertiary/aromatic N) is 2. The molecule has 0 aromatic carbocycles. The fourth-order valence-corrected chi connectivity index (χ4v) is 1.54. The molecule has 0 saturated heterocycles. The molecule has 1 aromatic rings. The highest BCUT2D eigenvalue weighted by Crippen LogP contribution is 2.21. The summed E-state index contributed by atoms with van der Waals surface area (Å²) in [5, 5.41) is 12.2. The number of carboxylic acids is 1. The second-order valence-electron chi connectivity index (χ2n) is 5.57. The zero-order chi connectivity index (χ0) is 13.6. The molecule has 1 aromatic heterocycles. The molecule has 0 saturated carbocycles. The van der Waals surface area contributed by atoms with Crippen molar-refractivity contribution < 1.29 is 9.90 Å². The van der Waals surface area contributed by atoms with Gasteiger partial charge in [0.15, 0.2) is 0 Å². The quantitative estimate of drug-likeness (QED) is 0.839. The molecule has 108 valence electrons. The summed E-state index contributed by atoms with van der Waals surface area (Å²) in [4.78, 5) is 19.0. The van der Waals surface area contributed by atoms with Crippen molar-refractivity contribution in [1.82, 2.24) is 15.3 Å². The minimum absolute atomic E-state index is 0. The normalized spacial score (nSPS) is 12.6. The second-order valence-corrected chi connectivity index (χ2v) is 5.57. The Kier molecular flexibility index (Phi) is 7.56. The molecule has 0 aliphatic rings. The monoisotopic (exact) mass is 287 g/mol. The SMILES string of the molecule is CC(C)(C)CCC(NCc1ccncn1)C(=O)O.Cl. The van der Waals surface area contributed by atoms with Gasteiger partial charge in [0.05, 0.1) is 5.69 Å². The predicted octanol–water partition coefficient (Wildman–Crippen LogP) is 2.27. The molecule has 0 radical (unpaired) electrons. The first-order chi connectivity index (χ1) is 8.38. The van der Waals surface area contributed by atoms with Crippen LogP contribution in [-0.2, 0) is 11.3 Å². The highest BCUT2D eigenvalue weighted by atomic mass is 35.5. The molecule has 0 bridgehead atoms. The van der Waals surface area contributed by atoms with E-state index < -0.39 is 12.0 Å². The minimum atomic E-state index is -0.812. The number of halogens is 1. The Labute approximate surface area is 120 Å². The van der Waals surface area contributed by atoms with Crippen LogP contribution < -0.4 is 5.32 Å². The molecule has 2 N–H and O–H groups in total. The standard InChI is InChI=1S/C13H21N3O2.ClH/c1-13(2,3)6-4-11(12(17)18)15-8-10-5-7-14-9-16-10;/h5,7,9,11,15H,4,6,8H2,1-3H3,(H,17,18);1H. The van der Waals surface area contributed by atoms with Crippen molar-refractivity contribution >= 4 is 18.4 Å². The van der Waals surface area contributed by atoms with Crippen molar-refractivity contribution in [2.45, 2.75) is 46.2 Å². The lowest BCUT2D eigenvalue weighted by Crippen LogP contribution is -2.37. The van der Waals surface area contributed by atoms with E-state index in [-0.39, 0.29) is 17.8 Å². The number of carboxylic acid groups (broad SMARTS) is 1. The lowest BCUT2D eigenvalue weighted by Gasteiger charge is -2.21. The van der Waals surface area contributed by atoms with E-state index in [0.717, 1.165) is 12.1 Å². The number of carbonyl (C=O) groups is 1. The Bertz CT molecular complexity index is 379. The van der Waals surface area contributed by atoms with Crippen molar-refractivity contribution in [3.8, 4) is 0 Å². The summed E-state index contributed by atoms with van der Waals surface area (Å²) in [7, 11) is 0. The summed E-state index contributed by atoms with van der Waals surface area (Å²) in [5.74, 6) is -0.812. The lowest BCUT2D eigenvalue weighted by atomic mass is 9.88. The lowest BCUT2D eigenvalue weighted by molar-refractivity contribution is -0.139. The van der Waals surface area contributed by atoms with Crippen LogP contribution >= 0.6 is 12.4 Å².